The lowest BCUT2D eigenvalue weighted by atomic mass is 9.85. The molecule has 0 spiro atoms. The Labute approximate surface area is 339 Å². The molecule has 8 N–H and O–H groups in total. The molecule has 2 aromatic rings. The van der Waals surface area contributed by atoms with Crippen molar-refractivity contribution in [3.63, 3.8) is 0 Å². The lowest BCUT2D eigenvalue weighted by Crippen LogP contribution is -2.72. The summed E-state index contributed by atoms with van der Waals surface area (Å²) in [6.45, 7) is 3.26. The van der Waals surface area contributed by atoms with Gasteiger partial charge < -0.3 is 42.1 Å². The number of nitrogens with one attached hydrogen (secondary N) is 2. The molecule has 2 aliphatic rings. The second kappa shape index (κ2) is 22.1. The van der Waals surface area contributed by atoms with Crippen LogP contribution >= 0.6 is 0 Å². The first-order chi connectivity index (χ1) is 27.6. The number of piperazine rings is 1. The highest BCUT2D eigenvalue weighted by molar-refractivity contribution is 5.95. The maximum Gasteiger partial charge on any atom is 0.323 e. The van der Waals surface area contributed by atoms with Gasteiger partial charge >= 0.3 is 11.9 Å². The van der Waals surface area contributed by atoms with Gasteiger partial charge in [0.1, 0.15) is 19.1 Å². The number of carboxylic acids is 2. The average molecular weight is 806 g/mol. The van der Waals surface area contributed by atoms with Gasteiger partial charge in [0, 0.05) is 37.5 Å². The number of unbranched alkanes of at least 4 members (excludes halogenated alkanes) is 1. The van der Waals surface area contributed by atoms with E-state index in [9.17, 15) is 33.6 Å². The Hall–Kier alpha value is -5.19. The number of amides is 4. The second-order valence-electron chi connectivity index (χ2n) is 15.9. The smallest absolute Gasteiger partial charge is 0.323 e. The van der Waals surface area contributed by atoms with E-state index in [0.717, 1.165) is 16.0 Å². The van der Waals surface area contributed by atoms with Crippen LogP contribution in [-0.2, 0) is 46.4 Å². The summed E-state index contributed by atoms with van der Waals surface area (Å²) in [5.74, 6) is -5.56. The Morgan fingerprint density at radius 1 is 0.793 bits per heavy atom. The summed E-state index contributed by atoms with van der Waals surface area (Å²) >= 11 is 0. The fourth-order valence-corrected chi connectivity index (χ4v) is 7.83. The molecular weight excluding hydrogens is 747 g/mol. The summed E-state index contributed by atoms with van der Waals surface area (Å²) in [5, 5.41) is 24.2. The standard InChI is InChI=1S/C42H59N7O9/c1-27(2)17-30(20-36(50)35(19-29-13-7-4-8-14-29)46-41(57)33(44)18-28-11-5-3-6-12-28)40(56)45-34(15-9-10-16-43)42(58)49-31-21-32(49)23-47(22-31)24-37(51)48(25-38(52)53)26-39(54)55/h3-8,11-14,27,30-35H,9-10,15-26,43-44H2,1-2H3,(H,45,56)(H,46,57)(H,52,53)(H,54,55). The van der Waals surface area contributed by atoms with E-state index in [-0.39, 0.29) is 55.5 Å². The monoisotopic (exact) mass is 805 g/mol. The zero-order chi connectivity index (χ0) is 42.4. The van der Waals surface area contributed by atoms with Crippen LogP contribution in [0, 0.1) is 11.8 Å². The number of benzene rings is 2. The molecule has 4 rings (SSSR count). The number of likely N-dealkylation sites (tertiary alicyclic amines) is 2. The number of fused-ring (bicyclic) bond motifs is 2. The molecule has 2 fully saturated rings. The van der Waals surface area contributed by atoms with Gasteiger partial charge in [0.15, 0.2) is 5.78 Å². The molecule has 2 bridgehead atoms. The summed E-state index contributed by atoms with van der Waals surface area (Å²) in [7, 11) is 0. The van der Waals surface area contributed by atoms with Crippen LogP contribution in [0.3, 0.4) is 0 Å². The number of hydrogen-bond donors (Lipinski definition) is 6. The van der Waals surface area contributed by atoms with Gasteiger partial charge in [-0.15, -0.1) is 0 Å². The summed E-state index contributed by atoms with van der Waals surface area (Å²) in [4.78, 5) is 95.4. The van der Waals surface area contributed by atoms with Gasteiger partial charge in [-0.05, 0) is 68.5 Å². The number of nitrogens with two attached hydrogens (primary N) is 2. The topological polar surface area (TPSA) is 246 Å². The van der Waals surface area contributed by atoms with Crippen molar-refractivity contribution in [3.05, 3.63) is 71.8 Å². The molecule has 0 aromatic heterocycles. The van der Waals surface area contributed by atoms with Crippen molar-refractivity contribution in [1.82, 2.24) is 25.3 Å². The van der Waals surface area contributed by atoms with Crippen LogP contribution in [0.15, 0.2) is 60.7 Å². The first-order valence-corrected chi connectivity index (χ1v) is 20.1. The molecule has 2 aliphatic heterocycles. The largest absolute Gasteiger partial charge is 0.480 e. The van der Waals surface area contributed by atoms with Crippen molar-refractivity contribution >= 4 is 41.4 Å². The molecule has 0 saturated carbocycles. The van der Waals surface area contributed by atoms with Gasteiger partial charge in [0.25, 0.3) is 0 Å². The Balaban J connectivity index is 1.45. The summed E-state index contributed by atoms with van der Waals surface area (Å²) in [6, 6.07) is 15.4. The molecule has 0 radical (unpaired) electrons. The normalized spacial score (nSPS) is 18.3. The van der Waals surface area contributed by atoms with Crippen molar-refractivity contribution in [2.45, 2.75) is 95.4 Å². The number of piperidine rings is 1. The molecule has 316 valence electrons. The van der Waals surface area contributed by atoms with Gasteiger partial charge in [-0.1, -0.05) is 74.5 Å². The highest BCUT2D eigenvalue weighted by atomic mass is 16.4. The van der Waals surface area contributed by atoms with Crippen LogP contribution in [0.2, 0.25) is 0 Å². The Kier molecular flexibility index (Phi) is 17.3. The molecule has 0 aliphatic carbocycles. The molecule has 6 atom stereocenters. The second-order valence-corrected chi connectivity index (χ2v) is 15.9. The van der Waals surface area contributed by atoms with Crippen molar-refractivity contribution in [2.24, 2.45) is 23.3 Å². The summed E-state index contributed by atoms with van der Waals surface area (Å²) < 4.78 is 0. The van der Waals surface area contributed by atoms with Crippen molar-refractivity contribution in [2.75, 3.05) is 39.3 Å². The minimum Gasteiger partial charge on any atom is -0.480 e. The molecular formula is C42H59N7O9. The van der Waals surface area contributed by atoms with E-state index in [1.54, 1.807) is 9.80 Å². The predicted octanol–water partition coefficient (Wildman–Crippen LogP) is 0.802. The quantitative estimate of drug-likeness (QED) is 0.0808. The molecule has 2 aromatic carbocycles. The molecule has 6 unspecified atom stereocenters. The number of carboxylic acid groups (broad SMARTS) is 2. The fraction of sp³-hybridized carbons (Fsp3) is 0.548. The zero-order valence-corrected chi connectivity index (χ0v) is 33.5. The van der Waals surface area contributed by atoms with Crippen LogP contribution in [-0.4, -0.2) is 136 Å². The highest BCUT2D eigenvalue weighted by Gasteiger charge is 2.49. The van der Waals surface area contributed by atoms with Gasteiger partial charge in [0.2, 0.25) is 23.6 Å². The molecule has 2 saturated heterocycles. The van der Waals surface area contributed by atoms with Crippen LogP contribution in [0.25, 0.3) is 0 Å². The summed E-state index contributed by atoms with van der Waals surface area (Å²) in [5.41, 5.74) is 13.8. The number of nitrogens with zero attached hydrogens (tertiary/aromatic N) is 3. The molecule has 16 heteroatoms. The number of carbonyl (C=O) groups excluding carboxylic acids is 5. The molecule has 58 heavy (non-hydrogen) atoms. The Morgan fingerprint density at radius 3 is 1.88 bits per heavy atom. The highest BCUT2D eigenvalue weighted by Crippen LogP contribution is 2.33. The fourth-order valence-electron chi connectivity index (χ4n) is 7.83. The lowest BCUT2D eigenvalue weighted by Gasteiger charge is -2.57. The van der Waals surface area contributed by atoms with Gasteiger partial charge in [-0.3, -0.25) is 38.5 Å². The Morgan fingerprint density at radius 2 is 1.34 bits per heavy atom. The zero-order valence-electron chi connectivity index (χ0n) is 33.5. The van der Waals surface area contributed by atoms with E-state index >= 15 is 0 Å². The van der Waals surface area contributed by atoms with E-state index in [4.69, 9.17) is 21.7 Å². The minimum atomic E-state index is -1.33. The first-order valence-electron chi connectivity index (χ1n) is 20.1. The maximum absolute atomic E-state index is 14.2. The van der Waals surface area contributed by atoms with Crippen molar-refractivity contribution in [3.8, 4) is 0 Å². The van der Waals surface area contributed by atoms with Crippen LogP contribution in [0.4, 0.5) is 0 Å². The van der Waals surface area contributed by atoms with E-state index < -0.39 is 66.8 Å². The third kappa shape index (κ3) is 13.7. The lowest BCUT2D eigenvalue weighted by molar-refractivity contribution is -0.160. The van der Waals surface area contributed by atoms with E-state index in [0.29, 0.717) is 51.7 Å². The van der Waals surface area contributed by atoms with Gasteiger partial charge in [0.05, 0.1) is 18.6 Å². The molecule has 4 amide bonds. The SMILES string of the molecule is CC(C)CC(CC(=O)C(Cc1ccccc1)NC(=O)C(N)Cc1ccccc1)C(=O)NC(CCCCN)C(=O)N1C2CC1CN(CC(=O)N(CC(=O)O)CC(=O)O)C2. The van der Waals surface area contributed by atoms with E-state index in [1.165, 1.54) is 0 Å². The minimum absolute atomic E-state index is 0.0294. The van der Waals surface area contributed by atoms with Crippen LogP contribution < -0.4 is 22.1 Å². The van der Waals surface area contributed by atoms with Gasteiger partial charge in [-0.2, -0.15) is 0 Å². The molecule has 2 heterocycles. The third-order valence-electron chi connectivity index (χ3n) is 10.6. The van der Waals surface area contributed by atoms with Gasteiger partial charge in [-0.25, -0.2) is 0 Å². The third-order valence-corrected chi connectivity index (χ3v) is 10.6. The number of Topliss-reactive ketones (excluding diaryl/α,β-unsaturated/α-hetero) is 1. The average Bonchev–Trinajstić information content (AvgIpc) is 3.16. The number of aliphatic carboxylic acids is 2. The summed E-state index contributed by atoms with van der Waals surface area (Å²) in [6.07, 6.45) is 2.89. The number of hydrogen-bond acceptors (Lipinski definition) is 10. The maximum atomic E-state index is 14.2. The molecule has 16 nitrogen and oxygen atoms in total. The van der Waals surface area contributed by atoms with Crippen molar-refractivity contribution in [1.29, 1.82) is 0 Å². The number of carbonyl (C=O) groups is 7. The van der Waals surface area contributed by atoms with Crippen LogP contribution in [0.1, 0.15) is 63.5 Å². The number of rotatable bonds is 24. The van der Waals surface area contributed by atoms with Crippen molar-refractivity contribution < 1.29 is 43.8 Å². The first kappa shape index (κ1) is 45.5. The van der Waals surface area contributed by atoms with E-state index in [2.05, 4.69) is 10.6 Å². The predicted molar refractivity (Wildman–Crippen MR) is 215 cm³/mol. The van der Waals surface area contributed by atoms with Crippen LogP contribution in [0.5, 0.6) is 0 Å². The number of ketones is 1. The van der Waals surface area contributed by atoms with E-state index in [1.807, 2.05) is 74.5 Å². The Bertz CT molecular complexity index is 1700.